The molecule has 5 rings (SSSR count). The minimum Gasteiger partial charge on any atom is -0.341 e. The van der Waals surface area contributed by atoms with Gasteiger partial charge in [-0.25, -0.2) is 0 Å². The van der Waals surface area contributed by atoms with Crippen molar-refractivity contribution in [2.75, 3.05) is 35.2 Å². The summed E-state index contributed by atoms with van der Waals surface area (Å²) in [7, 11) is 0. The maximum absolute atomic E-state index is 13.2. The van der Waals surface area contributed by atoms with Crippen LogP contribution in [-0.2, 0) is 4.79 Å². The Morgan fingerprint density at radius 1 is 1.06 bits per heavy atom. The minimum atomic E-state index is 0.105. The molecule has 0 atom stereocenters. The number of amides is 1. The third-order valence-electron chi connectivity index (χ3n) is 6.20. The average molecular weight is 436 g/mol. The number of thioether (sulfide) groups is 1. The smallest absolute Gasteiger partial charge is 0.237 e. The third kappa shape index (κ3) is 4.15. The molecule has 162 valence electrons. The zero-order valence-electron chi connectivity index (χ0n) is 18.0. The van der Waals surface area contributed by atoms with Crippen molar-refractivity contribution in [3.63, 3.8) is 0 Å². The summed E-state index contributed by atoms with van der Waals surface area (Å²) in [5, 5.41) is 12.2. The second-order valence-corrected chi connectivity index (χ2v) is 9.30. The van der Waals surface area contributed by atoms with Gasteiger partial charge in [-0.1, -0.05) is 48.2 Å². The van der Waals surface area contributed by atoms with Gasteiger partial charge in [0.25, 0.3) is 0 Å². The number of piperidine rings is 1. The van der Waals surface area contributed by atoms with Gasteiger partial charge in [0.15, 0.2) is 5.16 Å². The molecule has 0 spiro atoms. The summed E-state index contributed by atoms with van der Waals surface area (Å²) in [5.74, 6) is 1.47. The molecule has 1 saturated heterocycles. The second kappa shape index (κ2) is 8.91. The van der Waals surface area contributed by atoms with Crippen molar-refractivity contribution in [3.8, 4) is 0 Å². The van der Waals surface area contributed by atoms with Crippen LogP contribution in [-0.4, -0.2) is 46.1 Å². The van der Waals surface area contributed by atoms with Crippen LogP contribution in [0.3, 0.4) is 0 Å². The number of carbonyl (C=O) groups excluding carboxylic acids is 1. The van der Waals surface area contributed by atoms with Crippen molar-refractivity contribution < 1.29 is 4.79 Å². The zero-order valence-corrected chi connectivity index (χ0v) is 18.9. The van der Waals surface area contributed by atoms with E-state index in [-0.39, 0.29) is 5.91 Å². The fourth-order valence-corrected chi connectivity index (χ4v) is 5.34. The molecule has 2 fully saturated rings. The van der Waals surface area contributed by atoms with Crippen LogP contribution in [0.4, 0.5) is 11.6 Å². The van der Waals surface area contributed by atoms with E-state index in [4.69, 9.17) is 0 Å². The molecule has 31 heavy (non-hydrogen) atoms. The van der Waals surface area contributed by atoms with E-state index in [1.165, 1.54) is 43.9 Å². The first-order valence-electron chi connectivity index (χ1n) is 11.4. The molecule has 0 unspecified atom stereocenters. The van der Waals surface area contributed by atoms with Gasteiger partial charge in [-0.3, -0.25) is 9.36 Å². The van der Waals surface area contributed by atoms with E-state index in [9.17, 15) is 4.79 Å². The number of carbonyl (C=O) groups is 1. The number of anilines is 2. The Balaban J connectivity index is 1.34. The van der Waals surface area contributed by atoms with Crippen molar-refractivity contribution >= 4 is 40.1 Å². The largest absolute Gasteiger partial charge is 0.341 e. The van der Waals surface area contributed by atoms with E-state index >= 15 is 0 Å². The van der Waals surface area contributed by atoms with Crippen LogP contribution in [0, 0.1) is 0 Å². The van der Waals surface area contributed by atoms with E-state index in [0.29, 0.717) is 18.3 Å². The van der Waals surface area contributed by atoms with Crippen LogP contribution in [0.5, 0.6) is 0 Å². The summed E-state index contributed by atoms with van der Waals surface area (Å²) in [6, 6.07) is 14.9. The lowest BCUT2D eigenvalue weighted by atomic mass is 10.1. The molecule has 3 aromatic rings. The molecule has 2 heterocycles. The third-order valence-corrected chi connectivity index (χ3v) is 7.12. The van der Waals surface area contributed by atoms with E-state index in [2.05, 4.69) is 37.9 Å². The maximum atomic E-state index is 13.2. The summed E-state index contributed by atoms with van der Waals surface area (Å²) in [6.07, 6.45) is 6.09. The van der Waals surface area contributed by atoms with Gasteiger partial charge in [0.05, 0.1) is 11.4 Å². The van der Waals surface area contributed by atoms with Gasteiger partial charge in [-0.05, 0) is 50.5 Å². The molecule has 1 aliphatic heterocycles. The molecule has 1 aromatic heterocycles. The Labute approximate surface area is 187 Å². The highest BCUT2D eigenvalue weighted by Gasteiger charge is 2.32. The van der Waals surface area contributed by atoms with Crippen LogP contribution in [0.15, 0.2) is 47.6 Å². The summed E-state index contributed by atoms with van der Waals surface area (Å²) in [5.41, 5.74) is 0.976. The van der Waals surface area contributed by atoms with Gasteiger partial charge in [-0.2, -0.15) is 0 Å². The summed E-state index contributed by atoms with van der Waals surface area (Å²) < 4.78 is 2.29. The highest BCUT2D eigenvalue weighted by atomic mass is 32.2. The lowest BCUT2D eigenvalue weighted by molar-refractivity contribution is -0.116. The Hall–Kier alpha value is -2.54. The highest BCUT2D eigenvalue weighted by Crippen LogP contribution is 2.41. The molecule has 1 amide bonds. The lowest BCUT2D eigenvalue weighted by Crippen LogP contribution is -2.32. The second-order valence-electron chi connectivity index (χ2n) is 8.36. The van der Waals surface area contributed by atoms with E-state index in [1.54, 1.807) is 0 Å². The molecule has 0 N–H and O–H groups in total. The number of hydrogen-bond donors (Lipinski definition) is 0. The fraction of sp³-hybridized carbons (Fsp3) is 0.458. The number of hydrogen-bond acceptors (Lipinski definition) is 5. The molecule has 0 radical (unpaired) electrons. The quantitative estimate of drug-likeness (QED) is 0.494. The Morgan fingerprint density at radius 3 is 2.61 bits per heavy atom. The predicted octanol–water partition coefficient (Wildman–Crippen LogP) is 4.90. The van der Waals surface area contributed by atoms with E-state index in [0.717, 1.165) is 40.7 Å². The summed E-state index contributed by atoms with van der Waals surface area (Å²) in [6.45, 7) is 4.78. The zero-order chi connectivity index (χ0) is 21.2. The molecule has 1 aliphatic carbocycles. The first-order chi connectivity index (χ1) is 15.3. The molecular weight excluding hydrogens is 406 g/mol. The lowest BCUT2D eigenvalue weighted by Gasteiger charge is -2.28. The Bertz CT molecular complexity index is 1070. The van der Waals surface area contributed by atoms with Crippen molar-refractivity contribution in [2.45, 2.75) is 50.2 Å². The average Bonchev–Trinajstić information content (AvgIpc) is 3.57. The maximum Gasteiger partial charge on any atom is 0.237 e. The molecule has 6 nitrogen and oxygen atoms in total. The summed E-state index contributed by atoms with van der Waals surface area (Å²) in [4.78, 5) is 17.5. The van der Waals surface area contributed by atoms with Crippen LogP contribution < -0.4 is 9.80 Å². The first-order valence-corrected chi connectivity index (χ1v) is 12.4. The Morgan fingerprint density at radius 2 is 1.84 bits per heavy atom. The van der Waals surface area contributed by atoms with Gasteiger partial charge in [0.2, 0.25) is 11.9 Å². The fourth-order valence-electron chi connectivity index (χ4n) is 4.46. The normalized spacial score (nSPS) is 16.6. The van der Waals surface area contributed by atoms with Crippen molar-refractivity contribution in [1.82, 2.24) is 14.8 Å². The SMILES string of the molecule is CCN(C(=O)CSc1nnc(N2CCCCC2)n1C1CC1)c1cccc2ccccc12. The number of benzene rings is 2. The molecule has 0 bridgehead atoms. The van der Waals surface area contributed by atoms with Crippen LogP contribution in [0.1, 0.15) is 45.1 Å². The number of fused-ring (bicyclic) bond motifs is 1. The van der Waals surface area contributed by atoms with Gasteiger partial charge < -0.3 is 9.80 Å². The van der Waals surface area contributed by atoms with Gasteiger partial charge in [0, 0.05) is 31.1 Å². The molecule has 1 saturated carbocycles. The Kier molecular flexibility index (Phi) is 5.85. The summed E-state index contributed by atoms with van der Waals surface area (Å²) >= 11 is 1.52. The van der Waals surface area contributed by atoms with E-state index in [1.807, 2.05) is 36.1 Å². The molecular formula is C24H29N5OS. The van der Waals surface area contributed by atoms with Crippen molar-refractivity contribution in [3.05, 3.63) is 42.5 Å². The number of nitrogens with zero attached hydrogens (tertiary/aromatic N) is 5. The highest BCUT2D eigenvalue weighted by molar-refractivity contribution is 7.99. The molecule has 7 heteroatoms. The van der Waals surface area contributed by atoms with Gasteiger partial charge in [0.1, 0.15) is 0 Å². The predicted molar refractivity (Wildman–Crippen MR) is 127 cm³/mol. The van der Waals surface area contributed by atoms with Crippen molar-refractivity contribution in [2.24, 2.45) is 0 Å². The van der Waals surface area contributed by atoms with Crippen LogP contribution in [0.2, 0.25) is 0 Å². The molecule has 2 aromatic carbocycles. The van der Waals surface area contributed by atoms with Gasteiger partial charge in [-0.15, -0.1) is 10.2 Å². The van der Waals surface area contributed by atoms with E-state index < -0.39 is 0 Å². The van der Waals surface area contributed by atoms with Crippen molar-refractivity contribution in [1.29, 1.82) is 0 Å². The van der Waals surface area contributed by atoms with Crippen LogP contribution >= 0.6 is 11.8 Å². The number of rotatable bonds is 7. The first kappa shape index (κ1) is 20.4. The van der Waals surface area contributed by atoms with Gasteiger partial charge >= 0.3 is 0 Å². The topological polar surface area (TPSA) is 54.3 Å². The minimum absolute atomic E-state index is 0.105. The van der Waals surface area contributed by atoms with Crippen LogP contribution in [0.25, 0.3) is 10.8 Å². The monoisotopic (exact) mass is 435 g/mol. The standard InChI is InChI=1S/C24H29N5OS/c1-2-28(21-12-8-10-18-9-4-5-11-20(18)21)22(30)17-31-24-26-25-23(29(24)19-13-14-19)27-15-6-3-7-16-27/h4-5,8-12,19H,2-3,6-7,13-17H2,1H3. The molecule has 2 aliphatic rings. The number of aromatic nitrogens is 3.